The van der Waals surface area contributed by atoms with Crippen LogP contribution in [-0.4, -0.2) is 17.0 Å². The van der Waals surface area contributed by atoms with Crippen LogP contribution in [0.1, 0.15) is 105 Å². The number of Topliss-reactive ketones (excluding diaryl/α,β-unsaturated/α-hetero) is 1. The van der Waals surface area contributed by atoms with Gasteiger partial charge in [-0.1, -0.05) is 53.9 Å². The van der Waals surface area contributed by atoms with Crippen molar-refractivity contribution < 1.29 is 9.90 Å². The minimum Gasteiger partial charge on any atom is -0.393 e. The molecule has 1 N–H and O–H groups in total. The highest BCUT2D eigenvalue weighted by Gasteiger charge is 2.62. The Morgan fingerprint density at radius 3 is 2.38 bits per heavy atom. The molecule has 29 heavy (non-hydrogen) atoms. The van der Waals surface area contributed by atoms with Crippen LogP contribution in [-0.2, 0) is 4.79 Å². The van der Waals surface area contributed by atoms with Gasteiger partial charge in [-0.2, -0.15) is 0 Å². The minimum atomic E-state index is -0.245. The molecule has 166 valence electrons. The molecule has 4 rings (SSSR count). The molecule has 0 aliphatic heterocycles. The zero-order chi connectivity index (χ0) is 21.0. The molecule has 4 aliphatic carbocycles. The highest BCUT2D eigenvalue weighted by molar-refractivity contribution is 5.83. The predicted molar refractivity (Wildman–Crippen MR) is 119 cm³/mol. The molecular weight excluding hydrogens is 356 g/mol. The molecule has 0 radical (unpaired) electrons. The number of rotatable bonds is 5. The van der Waals surface area contributed by atoms with Crippen LogP contribution in [0.2, 0.25) is 0 Å². The summed E-state index contributed by atoms with van der Waals surface area (Å²) in [5.41, 5.74) is 0.609. The summed E-state index contributed by atoms with van der Waals surface area (Å²) in [6.07, 6.45) is 12.8. The van der Waals surface area contributed by atoms with Gasteiger partial charge in [-0.3, -0.25) is 4.79 Å². The molecule has 9 atom stereocenters. The smallest absolute Gasteiger partial charge is 0.136 e. The Hall–Kier alpha value is -0.370. The zero-order valence-electron chi connectivity index (χ0n) is 19.8. The molecule has 0 unspecified atom stereocenters. The van der Waals surface area contributed by atoms with Gasteiger partial charge in [-0.25, -0.2) is 0 Å². The summed E-state index contributed by atoms with van der Waals surface area (Å²) >= 11 is 0. The van der Waals surface area contributed by atoms with E-state index in [0.717, 1.165) is 49.4 Å². The number of carbonyl (C=O) groups is 1. The highest BCUT2D eigenvalue weighted by atomic mass is 16.3. The van der Waals surface area contributed by atoms with E-state index in [1.165, 1.54) is 44.9 Å². The van der Waals surface area contributed by atoms with Gasteiger partial charge in [0.15, 0.2) is 0 Å². The van der Waals surface area contributed by atoms with E-state index >= 15 is 0 Å². The summed E-state index contributed by atoms with van der Waals surface area (Å²) < 4.78 is 0. The number of carbonyl (C=O) groups excluding carboxylic acids is 1. The summed E-state index contributed by atoms with van der Waals surface area (Å²) in [6.45, 7) is 12.2. The molecule has 2 nitrogen and oxygen atoms in total. The van der Waals surface area contributed by atoms with Crippen LogP contribution in [0.5, 0.6) is 0 Å². The van der Waals surface area contributed by atoms with E-state index in [9.17, 15) is 9.90 Å². The number of fused-ring (bicyclic) bond motifs is 5. The summed E-state index contributed by atoms with van der Waals surface area (Å²) in [6, 6.07) is 0. The van der Waals surface area contributed by atoms with Crippen LogP contribution in [0.3, 0.4) is 0 Å². The van der Waals surface area contributed by atoms with E-state index in [1.54, 1.807) is 0 Å². The lowest BCUT2D eigenvalue weighted by molar-refractivity contribution is -0.160. The van der Waals surface area contributed by atoms with Crippen LogP contribution < -0.4 is 0 Å². The van der Waals surface area contributed by atoms with Gasteiger partial charge in [-0.15, -0.1) is 0 Å². The molecule has 0 aromatic heterocycles. The first-order chi connectivity index (χ1) is 13.7. The van der Waals surface area contributed by atoms with Crippen molar-refractivity contribution in [3.8, 4) is 0 Å². The molecule has 0 saturated heterocycles. The normalized spacial score (nSPS) is 48.2. The second-order valence-corrected chi connectivity index (χ2v) is 12.6. The third kappa shape index (κ3) is 3.64. The quantitative estimate of drug-likeness (QED) is 0.559. The first kappa shape index (κ1) is 21.8. The summed E-state index contributed by atoms with van der Waals surface area (Å²) in [5, 5.41) is 10.2. The lowest BCUT2D eigenvalue weighted by Crippen LogP contribution is -2.57. The number of aliphatic hydroxyl groups is 1. The van der Waals surface area contributed by atoms with Gasteiger partial charge in [-0.05, 0) is 91.3 Å². The Balaban J connectivity index is 1.50. The average Bonchev–Trinajstić information content (AvgIpc) is 3.00. The van der Waals surface area contributed by atoms with Crippen molar-refractivity contribution in [3.63, 3.8) is 0 Å². The third-order valence-electron chi connectivity index (χ3n) is 10.6. The Labute approximate surface area is 179 Å². The van der Waals surface area contributed by atoms with Crippen molar-refractivity contribution in [1.82, 2.24) is 0 Å². The Bertz CT molecular complexity index is 612. The van der Waals surface area contributed by atoms with Crippen molar-refractivity contribution in [2.24, 2.45) is 52.3 Å². The maximum atomic E-state index is 13.2. The molecule has 0 amide bonds. The fraction of sp³-hybridized carbons (Fsp3) is 0.963. The first-order valence-corrected chi connectivity index (χ1v) is 12.9. The van der Waals surface area contributed by atoms with Gasteiger partial charge in [0.1, 0.15) is 5.78 Å². The minimum absolute atomic E-state index is 0.129. The molecule has 0 heterocycles. The Morgan fingerprint density at radius 1 is 0.966 bits per heavy atom. The maximum absolute atomic E-state index is 13.2. The number of hydrogen-bond acceptors (Lipinski definition) is 2. The number of hydrogen-bond donors (Lipinski definition) is 1. The molecule has 0 bridgehead atoms. The summed E-state index contributed by atoms with van der Waals surface area (Å²) in [7, 11) is 0. The molecule has 4 fully saturated rings. The van der Waals surface area contributed by atoms with Gasteiger partial charge < -0.3 is 5.11 Å². The van der Waals surface area contributed by atoms with Crippen molar-refractivity contribution in [3.05, 3.63) is 0 Å². The van der Waals surface area contributed by atoms with Crippen LogP contribution >= 0.6 is 0 Å². The van der Waals surface area contributed by atoms with Gasteiger partial charge in [0.2, 0.25) is 0 Å². The van der Waals surface area contributed by atoms with Crippen molar-refractivity contribution in [2.45, 2.75) is 111 Å². The standard InChI is InChI=1S/C27H46O2/c1-17(2)7-6-8-18(3)21-9-10-22-20-16-25(29)24-15-19(28)11-13-27(24,5)23(20)12-14-26(21,22)4/h17-24,28H,6-16H2,1-5H3/t18-,19+,20-,21-,22+,23-,24+,26-,27+/m0/s1. The maximum Gasteiger partial charge on any atom is 0.136 e. The number of aliphatic hydroxyl groups excluding tert-OH is 1. The second kappa shape index (κ2) is 7.95. The molecular formula is C27H46O2. The van der Waals surface area contributed by atoms with Crippen LogP contribution in [0, 0.1) is 52.3 Å². The van der Waals surface area contributed by atoms with Crippen molar-refractivity contribution in [1.29, 1.82) is 0 Å². The summed E-state index contributed by atoms with van der Waals surface area (Å²) in [4.78, 5) is 13.2. The first-order valence-electron chi connectivity index (χ1n) is 12.9. The lowest BCUT2D eigenvalue weighted by Gasteiger charge is -2.60. The molecule has 4 aliphatic rings. The zero-order valence-corrected chi connectivity index (χ0v) is 19.8. The van der Waals surface area contributed by atoms with E-state index in [-0.39, 0.29) is 17.4 Å². The van der Waals surface area contributed by atoms with Crippen molar-refractivity contribution >= 4 is 5.78 Å². The largest absolute Gasteiger partial charge is 0.393 e. The molecule has 4 saturated carbocycles. The van der Waals surface area contributed by atoms with Gasteiger partial charge in [0, 0.05) is 12.3 Å². The van der Waals surface area contributed by atoms with E-state index in [0.29, 0.717) is 23.0 Å². The molecule has 0 spiro atoms. The Kier molecular flexibility index (Phi) is 5.99. The van der Waals surface area contributed by atoms with Gasteiger partial charge >= 0.3 is 0 Å². The molecule has 0 aromatic rings. The second-order valence-electron chi connectivity index (χ2n) is 12.6. The van der Waals surface area contributed by atoms with Crippen LogP contribution in [0.15, 0.2) is 0 Å². The van der Waals surface area contributed by atoms with Gasteiger partial charge in [0.05, 0.1) is 6.10 Å². The summed E-state index contributed by atoms with van der Waals surface area (Å²) in [5.74, 6) is 5.21. The fourth-order valence-corrected chi connectivity index (χ4v) is 9.04. The molecule has 0 aromatic carbocycles. The third-order valence-corrected chi connectivity index (χ3v) is 10.6. The van der Waals surface area contributed by atoms with E-state index in [1.807, 2.05) is 0 Å². The topological polar surface area (TPSA) is 37.3 Å². The van der Waals surface area contributed by atoms with Gasteiger partial charge in [0.25, 0.3) is 0 Å². The van der Waals surface area contributed by atoms with E-state index in [4.69, 9.17) is 0 Å². The predicted octanol–water partition coefficient (Wildman–Crippen LogP) is 6.65. The Morgan fingerprint density at radius 2 is 1.66 bits per heavy atom. The highest BCUT2D eigenvalue weighted by Crippen LogP contribution is 2.67. The number of ketones is 1. The lowest BCUT2D eigenvalue weighted by atomic mass is 9.44. The average molecular weight is 403 g/mol. The van der Waals surface area contributed by atoms with E-state index < -0.39 is 0 Å². The SMILES string of the molecule is CC(C)CCC[C@H](C)[C@@H]1CC[C@@H]2[C@@H]3CC(=O)[C@H]4C[C@H](O)CC[C@]4(C)[C@H]3CC[C@]21C. The van der Waals surface area contributed by atoms with Crippen LogP contribution in [0.4, 0.5) is 0 Å². The van der Waals surface area contributed by atoms with Crippen molar-refractivity contribution in [2.75, 3.05) is 0 Å². The monoisotopic (exact) mass is 402 g/mol. The van der Waals surface area contributed by atoms with Crippen LogP contribution in [0.25, 0.3) is 0 Å². The molecule has 2 heteroatoms. The fourth-order valence-electron chi connectivity index (χ4n) is 9.04. The van der Waals surface area contributed by atoms with E-state index in [2.05, 4.69) is 34.6 Å².